The van der Waals surface area contributed by atoms with Gasteiger partial charge in [-0.1, -0.05) is 12.8 Å². The zero-order chi connectivity index (χ0) is 13.0. The van der Waals surface area contributed by atoms with Crippen molar-refractivity contribution in [2.24, 2.45) is 5.92 Å². The van der Waals surface area contributed by atoms with E-state index in [9.17, 15) is 9.90 Å². The molecule has 104 valence electrons. The molecular weight excluding hydrogens is 234 g/mol. The topological polar surface area (TPSA) is 78.8 Å². The van der Waals surface area contributed by atoms with Gasteiger partial charge in [0.1, 0.15) is 0 Å². The third kappa shape index (κ3) is 3.67. The van der Waals surface area contributed by atoms with Crippen LogP contribution >= 0.6 is 0 Å². The Morgan fingerprint density at radius 3 is 2.39 bits per heavy atom. The Bertz CT molecular complexity index is 281. The second kappa shape index (κ2) is 5.99. The minimum Gasteiger partial charge on any atom is -0.481 e. The molecule has 0 aromatic rings. The first kappa shape index (κ1) is 13.8. The number of carbonyl (C=O) groups is 1. The second-order valence-corrected chi connectivity index (χ2v) is 5.68. The van der Waals surface area contributed by atoms with Crippen molar-refractivity contribution in [3.63, 3.8) is 0 Å². The summed E-state index contributed by atoms with van der Waals surface area (Å²) in [4.78, 5) is 16.4. The maximum Gasteiger partial charge on any atom is 0.306 e. The molecule has 0 heterocycles. The molecule has 0 amide bonds. The van der Waals surface area contributed by atoms with Crippen LogP contribution in [0.3, 0.4) is 0 Å². The van der Waals surface area contributed by atoms with Crippen LogP contribution in [0.4, 0.5) is 0 Å². The van der Waals surface area contributed by atoms with Gasteiger partial charge < -0.3 is 10.2 Å². The summed E-state index contributed by atoms with van der Waals surface area (Å²) in [5.41, 5.74) is 2.08. The highest BCUT2D eigenvalue weighted by Gasteiger charge is 2.35. The van der Waals surface area contributed by atoms with E-state index in [4.69, 9.17) is 9.94 Å². The van der Waals surface area contributed by atoms with Crippen LogP contribution in [0.2, 0.25) is 0 Å². The fourth-order valence-electron chi connectivity index (χ4n) is 2.88. The normalized spacial score (nSPS) is 33.7. The number of aliphatic hydroxyl groups is 1. The maximum absolute atomic E-state index is 10.8. The Hall–Kier alpha value is -0.650. The number of carboxylic acid groups (broad SMARTS) is 1. The van der Waals surface area contributed by atoms with Gasteiger partial charge in [0.15, 0.2) is 0 Å². The monoisotopic (exact) mass is 257 g/mol. The summed E-state index contributed by atoms with van der Waals surface area (Å²) in [5.74, 6) is -1.03. The number of aliphatic carboxylic acids is 1. The largest absolute Gasteiger partial charge is 0.481 e. The van der Waals surface area contributed by atoms with Gasteiger partial charge in [0.2, 0.25) is 0 Å². The van der Waals surface area contributed by atoms with E-state index in [1.165, 1.54) is 12.8 Å². The van der Waals surface area contributed by atoms with E-state index in [-0.39, 0.29) is 12.0 Å². The van der Waals surface area contributed by atoms with E-state index < -0.39 is 11.6 Å². The quantitative estimate of drug-likeness (QED) is 0.650. The van der Waals surface area contributed by atoms with Gasteiger partial charge in [-0.2, -0.15) is 5.48 Å². The van der Waals surface area contributed by atoms with Gasteiger partial charge in [0.05, 0.1) is 17.6 Å². The standard InChI is InChI=1S/C13H23NO4/c15-12(16)10-5-7-13(17,8-6-10)9-14-18-11-3-1-2-4-11/h10-11,14,17H,1-9H2,(H,15,16). The maximum atomic E-state index is 10.8. The lowest BCUT2D eigenvalue weighted by Crippen LogP contribution is -2.45. The molecule has 0 radical (unpaired) electrons. The van der Waals surface area contributed by atoms with Crippen LogP contribution < -0.4 is 5.48 Å². The van der Waals surface area contributed by atoms with Crippen molar-refractivity contribution in [1.29, 1.82) is 0 Å². The van der Waals surface area contributed by atoms with Gasteiger partial charge >= 0.3 is 5.97 Å². The Morgan fingerprint density at radius 1 is 1.22 bits per heavy atom. The summed E-state index contributed by atoms with van der Waals surface area (Å²) in [6.07, 6.45) is 7.07. The fourth-order valence-corrected chi connectivity index (χ4v) is 2.88. The zero-order valence-electron chi connectivity index (χ0n) is 10.7. The van der Waals surface area contributed by atoms with Crippen LogP contribution in [0, 0.1) is 5.92 Å². The van der Waals surface area contributed by atoms with Crippen molar-refractivity contribution in [3.8, 4) is 0 Å². The van der Waals surface area contributed by atoms with E-state index in [0.717, 1.165) is 12.8 Å². The lowest BCUT2D eigenvalue weighted by atomic mass is 9.79. The molecule has 2 saturated carbocycles. The van der Waals surface area contributed by atoms with Crippen molar-refractivity contribution in [2.45, 2.75) is 63.1 Å². The number of rotatable bonds is 5. The molecule has 2 rings (SSSR count). The molecular formula is C13H23NO4. The van der Waals surface area contributed by atoms with Gasteiger partial charge in [-0.05, 0) is 38.5 Å². The lowest BCUT2D eigenvalue weighted by Gasteiger charge is -2.34. The summed E-state index contributed by atoms with van der Waals surface area (Å²) in [7, 11) is 0. The van der Waals surface area contributed by atoms with Gasteiger partial charge in [-0.15, -0.1) is 0 Å². The third-order valence-electron chi connectivity index (χ3n) is 4.22. The van der Waals surface area contributed by atoms with E-state index in [2.05, 4.69) is 5.48 Å². The van der Waals surface area contributed by atoms with E-state index in [1.54, 1.807) is 0 Å². The smallest absolute Gasteiger partial charge is 0.306 e. The van der Waals surface area contributed by atoms with Crippen LogP contribution in [0.1, 0.15) is 51.4 Å². The van der Waals surface area contributed by atoms with Crippen LogP contribution in [0.15, 0.2) is 0 Å². The number of carboxylic acids is 1. The molecule has 0 unspecified atom stereocenters. The number of nitrogens with one attached hydrogen (secondary N) is 1. The van der Waals surface area contributed by atoms with Crippen LogP contribution in [0.25, 0.3) is 0 Å². The molecule has 0 bridgehead atoms. The average molecular weight is 257 g/mol. The van der Waals surface area contributed by atoms with Crippen molar-refractivity contribution in [2.75, 3.05) is 6.54 Å². The Balaban J connectivity index is 1.67. The minimum atomic E-state index is -0.801. The van der Waals surface area contributed by atoms with Crippen LogP contribution in [0.5, 0.6) is 0 Å². The second-order valence-electron chi connectivity index (χ2n) is 5.68. The van der Waals surface area contributed by atoms with Crippen molar-refractivity contribution in [3.05, 3.63) is 0 Å². The Morgan fingerprint density at radius 2 is 1.83 bits per heavy atom. The fraction of sp³-hybridized carbons (Fsp3) is 0.923. The molecule has 0 aromatic carbocycles. The number of hydrogen-bond acceptors (Lipinski definition) is 4. The highest BCUT2D eigenvalue weighted by Crippen LogP contribution is 2.32. The molecule has 0 aliphatic heterocycles. The molecule has 0 saturated heterocycles. The highest BCUT2D eigenvalue weighted by molar-refractivity contribution is 5.70. The summed E-state index contributed by atoms with van der Waals surface area (Å²) in [6.45, 7) is 0.399. The summed E-state index contributed by atoms with van der Waals surface area (Å²) in [5, 5.41) is 19.2. The average Bonchev–Trinajstić information content (AvgIpc) is 2.82. The van der Waals surface area contributed by atoms with E-state index >= 15 is 0 Å². The molecule has 2 aliphatic carbocycles. The summed E-state index contributed by atoms with van der Waals surface area (Å²) >= 11 is 0. The Labute approximate surface area is 107 Å². The molecule has 18 heavy (non-hydrogen) atoms. The Kier molecular flexibility index (Phi) is 4.59. The molecule has 3 N–H and O–H groups in total. The molecule has 2 aliphatic rings. The van der Waals surface area contributed by atoms with Gasteiger partial charge in [-0.3, -0.25) is 9.63 Å². The number of hydroxylamine groups is 1. The van der Waals surface area contributed by atoms with Crippen molar-refractivity contribution in [1.82, 2.24) is 5.48 Å². The summed E-state index contributed by atoms with van der Waals surface area (Å²) < 4.78 is 0. The molecule has 0 atom stereocenters. The van der Waals surface area contributed by atoms with E-state index in [1.807, 2.05) is 0 Å². The first-order chi connectivity index (χ1) is 8.59. The SMILES string of the molecule is O=C(O)C1CCC(O)(CNOC2CCCC2)CC1. The lowest BCUT2D eigenvalue weighted by molar-refractivity contribution is -0.145. The predicted molar refractivity (Wildman–Crippen MR) is 65.9 cm³/mol. The van der Waals surface area contributed by atoms with Crippen LogP contribution in [-0.2, 0) is 9.63 Å². The first-order valence-corrected chi connectivity index (χ1v) is 6.93. The molecule has 5 heteroatoms. The van der Waals surface area contributed by atoms with Gasteiger partial charge in [0.25, 0.3) is 0 Å². The third-order valence-corrected chi connectivity index (χ3v) is 4.22. The highest BCUT2D eigenvalue weighted by atomic mass is 16.7. The predicted octanol–water partition coefficient (Wildman–Crippen LogP) is 1.46. The molecule has 0 spiro atoms. The molecule has 5 nitrogen and oxygen atoms in total. The van der Waals surface area contributed by atoms with E-state index in [0.29, 0.717) is 32.2 Å². The first-order valence-electron chi connectivity index (χ1n) is 6.93. The molecule has 0 aromatic heterocycles. The molecule has 2 fully saturated rings. The summed E-state index contributed by atoms with van der Waals surface area (Å²) in [6, 6.07) is 0. The van der Waals surface area contributed by atoms with Crippen molar-refractivity contribution >= 4 is 5.97 Å². The van der Waals surface area contributed by atoms with Gasteiger partial charge in [-0.25, -0.2) is 0 Å². The zero-order valence-corrected chi connectivity index (χ0v) is 10.7. The number of hydrogen-bond donors (Lipinski definition) is 3. The van der Waals surface area contributed by atoms with Gasteiger partial charge in [0, 0.05) is 6.54 Å². The van der Waals surface area contributed by atoms with Crippen molar-refractivity contribution < 1.29 is 19.8 Å². The minimum absolute atomic E-state index is 0.281. The van der Waals surface area contributed by atoms with Crippen LogP contribution in [-0.4, -0.2) is 34.4 Å².